The second-order valence-corrected chi connectivity index (χ2v) is 4.05. The van der Waals surface area contributed by atoms with Crippen molar-refractivity contribution in [3.8, 4) is 0 Å². The summed E-state index contributed by atoms with van der Waals surface area (Å²) in [6.45, 7) is 0. The number of aromatic nitrogens is 4. The Morgan fingerprint density at radius 3 is 2.84 bits per heavy atom. The number of hydrogen-bond donors (Lipinski definition) is 3. The lowest BCUT2D eigenvalue weighted by molar-refractivity contribution is -0.139. The van der Waals surface area contributed by atoms with E-state index in [4.69, 9.17) is 5.11 Å². The molecule has 19 heavy (non-hydrogen) atoms. The first kappa shape index (κ1) is 12.8. The van der Waals surface area contributed by atoms with Crippen LogP contribution in [0, 0.1) is 0 Å². The monoisotopic (exact) mass is 263 g/mol. The highest BCUT2D eigenvalue weighted by Gasteiger charge is 2.22. The van der Waals surface area contributed by atoms with Gasteiger partial charge in [-0.1, -0.05) is 0 Å². The van der Waals surface area contributed by atoms with E-state index in [0.29, 0.717) is 11.3 Å². The van der Waals surface area contributed by atoms with Crippen LogP contribution in [0.1, 0.15) is 16.1 Å². The molecule has 0 saturated carbocycles. The van der Waals surface area contributed by atoms with Crippen molar-refractivity contribution in [2.24, 2.45) is 7.05 Å². The highest BCUT2D eigenvalue weighted by molar-refractivity contribution is 5.96. The van der Waals surface area contributed by atoms with Crippen LogP contribution in [-0.2, 0) is 18.3 Å². The molecule has 100 valence electrons. The van der Waals surface area contributed by atoms with E-state index in [1.165, 1.54) is 29.6 Å². The standard InChI is InChI=1S/C11H13N5O3/c1-16-5-7(3-14-16)10(17)15-9(11(18)19)2-8-4-12-6-13-8/h3-6,9H,2H2,1H3,(H,12,13)(H,15,17)(H,18,19). The number of carboxylic acids is 1. The molecule has 2 aromatic heterocycles. The Hall–Kier alpha value is -2.64. The third-order valence-corrected chi connectivity index (χ3v) is 2.55. The molecule has 2 aromatic rings. The Morgan fingerprint density at radius 2 is 2.32 bits per heavy atom. The summed E-state index contributed by atoms with van der Waals surface area (Å²) in [6.07, 6.45) is 6.01. The van der Waals surface area contributed by atoms with Gasteiger partial charge in [0.2, 0.25) is 0 Å². The van der Waals surface area contributed by atoms with E-state index in [1.54, 1.807) is 7.05 Å². The average molecular weight is 263 g/mol. The van der Waals surface area contributed by atoms with Crippen LogP contribution in [0.25, 0.3) is 0 Å². The Morgan fingerprint density at radius 1 is 1.53 bits per heavy atom. The molecule has 0 fully saturated rings. The molecule has 1 atom stereocenters. The number of nitrogens with one attached hydrogen (secondary N) is 2. The van der Waals surface area contributed by atoms with Gasteiger partial charge in [0.05, 0.1) is 18.1 Å². The van der Waals surface area contributed by atoms with E-state index in [0.717, 1.165) is 0 Å². The zero-order chi connectivity index (χ0) is 13.8. The van der Waals surface area contributed by atoms with Crippen LogP contribution in [0.4, 0.5) is 0 Å². The first-order valence-electron chi connectivity index (χ1n) is 5.56. The number of carboxylic acid groups (broad SMARTS) is 1. The first-order chi connectivity index (χ1) is 9.06. The second kappa shape index (κ2) is 5.34. The Balaban J connectivity index is 2.04. The molecule has 2 heterocycles. The molecule has 8 heteroatoms. The van der Waals surface area contributed by atoms with E-state index in [9.17, 15) is 9.59 Å². The van der Waals surface area contributed by atoms with E-state index in [2.05, 4.69) is 20.4 Å². The molecule has 0 aliphatic heterocycles. The fourth-order valence-electron chi connectivity index (χ4n) is 1.60. The number of imidazole rings is 1. The highest BCUT2D eigenvalue weighted by Crippen LogP contribution is 2.02. The summed E-state index contributed by atoms with van der Waals surface area (Å²) < 4.78 is 1.47. The van der Waals surface area contributed by atoms with E-state index in [-0.39, 0.29) is 6.42 Å². The van der Waals surface area contributed by atoms with Crippen LogP contribution in [0.15, 0.2) is 24.9 Å². The quantitative estimate of drug-likeness (QED) is 0.677. The van der Waals surface area contributed by atoms with Crippen LogP contribution in [0.5, 0.6) is 0 Å². The van der Waals surface area contributed by atoms with Crippen LogP contribution >= 0.6 is 0 Å². The maximum Gasteiger partial charge on any atom is 0.326 e. The lowest BCUT2D eigenvalue weighted by Gasteiger charge is -2.12. The third kappa shape index (κ3) is 3.18. The molecule has 0 radical (unpaired) electrons. The number of H-pyrrole nitrogens is 1. The lowest BCUT2D eigenvalue weighted by atomic mass is 10.1. The van der Waals surface area contributed by atoms with E-state index in [1.807, 2.05) is 0 Å². The van der Waals surface area contributed by atoms with Gasteiger partial charge in [-0.2, -0.15) is 5.10 Å². The van der Waals surface area contributed by atoms with Crippen molar-refractivity contribution in [2.45, 2.75) is 12.5 Å². The first-order valence-corrected chi connectivity index (χ1v) is 5.56. The predicted octanol–water partition coefficient (Wildman–Crippen LogP) is -0.431. The number of aromatic amines is 1. The maximum absolute atomic E-state index is 11.8. The molecule has 0 spiro atoms. The summed E-state index contributed by atoms with van der Waals surface area (Å²) in [5.41, 5.74) is 0.956. The van der Waals surface area contributed by atoms with Gasteiger partial charge in [-0.05, 0) is 0 Å². The molecule has 2 rings (SSSR count). The number of aryl methyl sites for hydroxylation is 1. The van der Waals surface area contributed by atoms with Gasteiger partial charge < -0.3 is 15.4 Å². The van der Waals surface area contributed by atoms with Crippen molar-refractivity contribution in [3.63, 3.8) is 0 Å². The zero-order valence-corrected chi connectivity index (χ0v) is 10.2. The van der Waals surface area contributed by atoms with Crippen molar-refractivity contribution < 1.29 is 14.7 Å². The highest BCUT2D eigenvalue weighted by atomic mass is 16.4. The minimum Gasteiger partial charge on any atom is -0.480 e. The molecule has 1 unspecified atom stereocenters. The Labute approximate surface area is 108 Å². The maximum atomic E-state index is 11.8. The van der Waals surface area contributed by atoms with Crippen LogP contribution in [0.2, 0.25) is 0 Å². The average Bonchev–Trinajstić information content (AvgIpc) is 2.99. The van der Waals surface area contributed by atoms with Crippen molar-refractivity contribution in [1.29, 1.82) is 0 Å². The molecular formula is C11H13N5O3. The van der Waals surface area contributed by atoms with Crippen molar-refractivity contribution in [2.75, 3.05) is 0 Å². The van der Waals surface area contributed by atoms with Crippen molar-refractivity contribution >= 4 is 11.9 Å². The smallest absolute Gasteiger partial charge is 0.326 e. The minimum absolute atomic E-state index is 0.140. The third-order valence-electron chi connectivity index (χ3n) is 2.55. The van der Waals surface area contributed by atoms with E-state index < -0.39 is 17.9 Å². The summed E-state index contributed by atoms with van der Waals surface area (Å²) in [6, 6.07) is -1.02. The largest absolute Gasteiger partial charge is 0.480 e. The number of amides is 1. The Kier molecular flexibility index (Phi) is 3.60. The fraction of sp³-hybridized carbons (Fsp3) is 0.273. The number of nitrogens with zero attached hydrogens (tertiary/aromatic N) is 3. The topological polar surface area (TPSA) is 113 Å². The van der Waals surface area contributed by atoms with Crippen molar-refractivity contribution in [1.82, 2.24) is 25.1 Å². The van der Waals surface area contributed by atoms with Gasteiger partial charge in [-0.15, -0.1) is 0 Å². The second-order valence-electron chi connectivity index (χ2n) is 4.05. The summed E-state index contributed by atoms with van der Waals surface area (Å²) in [4.78, 5) is 29.6. The number of carbonyl (C=O) groups excluding carboxylic acids is 1. The van der Waals surface area contributed by atoms with Crippen LogP contribution in [-0.4, -0.2) is 42.8 Å². The van der Waals surface area contributed by atoms with Crippen molar-refractivity contribution in [3.05, 3.63) is 36.2 Å². The number of hydrogen-bond acceptors (Lipinski definition) is 4. The molecule has 1 amide bonds. The fourth-order valence-corrected chi connectivity index (χ4v) is 1.60. The molecule has 3 N–H and O–H groups in total. The van der Waals surface area contributed by atoms with Gasteiger partial charge in [0, 0.05) is 31.6 Å². The summed E-state index contributed by atoms with van der Waals surface area (Å²) in [5.74, 6) is -1.58. The molecule has 0 aliphatic rings. The van der Waals surface area contributed by atoms with Gasteiger partial charge in [0.15, 0.2) is 0 Å². The molecule has 0 bridgehead atoms. The summed E-state index contributed by atoms with van der Waals surface area (Å²) >= 11 is 0. The van der Waals surface area contributed by atoms with Gasteiger partial charge in [-0.25, -0.2) is 9.78 Å². The van der Waals surface area contributed by atoms with Crippen LogP contribution in [0.3, 0.4) is 0 Å². The minimum atomic E-state index is -1.10. The molecule has 0 aliphatic carbocycles. The zero-order valence-electron chi connectivity index (χ0n) is 10.2. The number of carbonyl (C=O) groups is 2. The van der Waals surface area contributed by atoms with E-state index >= 15 is 0 Å². The molecule has 0 aromatic carbocycles. The Bertz CT molecular complexity index is 575. The van der Waals surface area contributed by atoms with Gasteiger partial charge in [-0.3, -0.25) is 9.48 Å². The molecular weight excluding hydrogens is 250 g/mol. The lowest BCUT2D eigenvalue weighted by Crippen LogP contribution is -2.42. The van der Waals surface area contributed by atoms with Crippen LogP contribution < -0.4 is 5.32 Å². The summed E-state index contributed by atoms with van der Waals surface area (Å²) in [7, 11) is 1.68. The van der Waals surface area contributed by atoms with Gasteiger partial charge in [0.25, 0.3) is 5.91 Å². The molecule has 8 nitrogen and oxygen atoms in total. The normalized spacial score (nSPS) is 12.1. The molecule has 0 saturated heterocycles. The number of aliphatic carboxylic acids is 1. The SMILES string of the molecule is Cn1cc(C(=O)NC(Cc2cnc[nH]2)C(=O)O)cn1. The number of rotatable bonds is 5. The van der Waals surface area contributed by atoms with Gasteiger partial charge >= 0.3 is 5.97 Å². The van der Waals surface area contributed by atoms with Gasteiger partial charge in [0.1, 0.15) is 6.04 Å². The summed E-state index contributed by atoms with van der Waals surface area (Å²) in [5, 5.41) is 15.4. The predicted molar refractivity (Wildman–Crippen MR) is 64.4 cm³/mol.